The second-order valence-corrected chi connectivity index (χ2v) is 3.36. The predicted octanol–water partition coefficient (Wildman–Crippen LogP) is 2.10. The number of nitriles is 1. The van der Waals surface area contributed by atoms with E-state index in [-0.39, 0.29) is 0 Å². The first-order valence-corrected chi connectivity index (χ1v) is 4.43. The molecule has 3 nitrogen and oxygen atoms in total. The van der Waals surface area contributed by atoms with Crippen LogP contribution in [0, 0.1) is 11.3 Å². The van der Waals surface area contributed by atoms with Gasteiger partial charge in [0.2, 0.25) is 6.08 Å². The third kappa shape index (κ3) is 2.05. The molecule has 0 aromatic carbocycles. The van der Waals surface area contributed by atoms with Gasteiger partial charge < -0.3 is 0 Å². The van der Waals surface area contributed by atoms with Crippen molar-refractivity contribution in [2.45, 2.75) is 38.1 Å². The molecule has 0 aliphatic heterocycles. The highest BCUT2D eigenvalue weighted by molar-refractivity contribution is 5.42. The van der Waals surface area contributed by atoms with Crippen LogP contribution in [0.2, 0.25) is 0 Å². The Hall–Kier alpha value is -1.39. The third-order valence-electron chi connectivity index (χ3n) is 2.40. The van der Waals surface area contributed by atoms with Crippen LogP contribution in [-0.4, -0.2) is 11.6 Å². The molecule has 0 amide bonds. The maximum Gasteiger partial charge on any atom is 0.236 e. The van der Waals surface area contributed by atoms with Crippen molar-refractivity contribution in [3.05, 3.63) is 11.6 Å². The predicted molar refractivity (Wildman–Crippen MR) is 48.7 cm³/mol. The lowest BCUT2D eigenvalue weighted by molar-refractivity contribution is 0.547. The lowest BCUT2D eigenvalue weighted by Crippen LogP contribution is -2.23. The number of aliphatic imine (C=N–C) groups is 1. The van der Waals surface area contributed by atoms with Gasteiger partial charge in [-0.3, -0.25) is 0 Å². The van der Waals surface area contributed by atoms with E-state index < -0.39 is 5.54 Å². The zero-order valence-electron chi connectivity index (χ0n) is 7.71. The van der Waals surface area contributed by atoms with Crippen molar-refractivity contribution in [1.82, 2.24) is 0 Å². The van der Waals surface area contributed by atoms with E-state index in [0.717, 1.165) is 31.3 Å². The van der Waals surface area contributed by atoms with Crippen molar-refractivity contribution in [2.75, 3.05) is 0 Å². The molecule has 68 valence electrons. The second-order valence-electron chi connectivity index (χ2n) is 3.36. The normalized spacial score (nSPS) is 20.5. The topological polar surface area (TPSA) is 53.2 Å². The number of nitrogens with zero attached hydrogens (tertiary/aromatic N) is 2. The van der Waals surface area contributed by atoms with Gasteiger partial charge in [-0.25, -0.2) is 4.79 Å². The van der Waals surface area contributed by atoms with Crippen LogP contribution < -0.4 is 0 Å². The number of allylic oxidation sites excluding steroid dienone is 1. The summed E-state index contributed by atoms with van der Waals surface area (Å²) in [5, 5.41) is 8.91. The first-order chi connectivity index (χ1) is 6.23. The molecule has 13 heavy (non-hydrogen) atoms. The van der Waals surface area contributed by atoms with Crippen LogP contribution >= 0.6 is 0 Å². The van der Waals surface area contributed by atoms with Gasteiger partial charge in [0, 0.05) is 0 Å². The lowest BCUT2D eigenvalue weighted by Gasteiger charge is -2.21. The molecule has 0 saturated heterocycles. The highest BCUT2D eigenvalue weighted by Crippen LogP contribution is 2.29. The number of rotatable bonds is 2. The Morgan fingerprint density at radius 3 is 2.85 bits per heavy atom. The molecule has 1 unspecified atom stereocenters. The zero-order chi connectivity index (χ0) is 9.73. The van der Waals surface area contributed by atoms with Gasteiger partial charge in [-0.15, -0.1) is 0 Å². The highest BCUT2D eigenvalue weighted by Gasteiger charge is 2.28. The number of isocyanates is 1. The van der Waals surface area contributed by atoms with Crippen molar-refractivity contribution in [1.29, 1.82) is 5.26 Å². The van der Waals surface area contributed by atoms with E-state index in [1.807, 2.05) is 6.08 Å². The smallest absolute Gasteiger partial charge is 0.211 e. The van der Waals surface area contributed by atoms with Gasteiger partial charge in [-0.05, 0) is 38.2 Å². The molecule has 0 heterocycles. The van der Waals surface area contributed by atoms with Crippen LogP contribution in [0.5, 0.6) is 0 Å². The monoisotopic (exact) mass is 176 g/mol. The van der Waals surface area contributed by atoms with E-state index in [9.17, 15) is 4.79 Å². The molecule has 0 N–H and O–H groups in total. The van der Waals surface area contributed by atoms with Gasteiger partial charge in [0.05, 0.1) is 6.07 Å². The minimum atomic E-state index is -0.970. The minimum absolute atomic E-state index is 0.870. The van der Waals surface area contributed by atoms with Crippen molar-refractivity contribution >= 4 is 6.08 Å². The Bertz CT molecular complexity index is 307. The molecule has 0 fully saturated rings. The van der Waals surface area contributed by atoms with Gasteiger partial charge in [0.25, 0.3) is 0 Å². The van der Waals surface area contributed by atoms with Crippen LogP contribution in [0.25, 0.3) is 0 Å². The summed E-state index contributed by atoms with van der Waals surface area (Å²) in [6.07, 6.45) is 7.59. The molecule has 1 rings (SSSR count). The first-order valence-electron chi connectivity index (χ1n) is 4.43. The van der Waals surface area contributed by atoms with Crippen LogP contribution in [0.1, 0.15) is 32.6 Å². The molecule has 0 radical (unpaired) electrons. The van der Waals surface area contributed by atoms with Crippen molar-refractivity contribution in [3.8, 4) is 6.07 Å². The molecule has 1 aliphatic carbocycles. The molecule has 3 heteroatoms. The Morgan fingerprint density at radius 1 is 1.62 bits per heavy atom. The van der Waals surface area contributed by atoms with Gasteiger partial charge in [0.15, 0.2) is 5.54 Å². The van der Waals surface area contributed by atoms with Crippen molar-refractivity contribution in [2.24, 2.45) is 4.99 Å². The van der Waals surface area contributed by atoms with E-state index >= 15 is 0 Å². The largest absolute Gasteiger partial charge is 0.236 e. The SMILES string of the molecule is CC(C#N)(N=C=O)C1=CCCCC1. The molecule has 0 bridgehead atoms. The van der Waals surface area contributed by atoms with Crippen molar-refractivity contribution in [3.63, 3.8) is 0 Å². The summed E-state index contributed by atoms with van der Waals surface area (Å²) in [7, 11) is 0. The fraction of sp³-hybridized carbons (Fsp3) is 0.600. The Morgan fingerprint density at radius 2 is 2.38 bits per heavy atom. The zero-order valence-corrected chi connectivity index (χ0v) is 7.71. The van der Waals surface area contributed by atoms with E-state index in [1.54, 1.807) is 6.92 Å². The Labute approximate surface area is 77.8 Å². The van der Waals surface area contributed by atoms with E-state index in [4.69, 9.17) is 5.26 Å². The van der Waals surface area contributed by atoms with Gasteiger partial charge in [0.1, 0.15) is 0 Å². The molecule has 0 aromatic heterocycles. The standard InChI is InChI=1S/C10H12N2O/c1-10(7-11,12-8-13)9-5-3-2-4-6-9/h5H,2-4,6H2,1H3. The molecule has 1 atom stereocenters. The minimum Gasteiger partial charge on any atom is -0.211 e. The van der Waals surface area contributed by atoms with Crippen LogP contribution in [0.3, 0.4) is 0 Å². The first kappa shape index (κ1) is 9.70. The summed E-state index contributed by atoms with van der Waals surface area (Å²) >= 11 is 0. The van der Waals surface area contributed by atoms with Gasteiger partial charge >= 0.3 is 0 Å². The van der Waals surface area contributed by atoms with Gasteiger partial charge in [-0.1, -0.05) is 6.08 Å². The van der Waals surface area contributed by atoms with E-state index in [2.05, 4.69) is 11.1 Å². The number of carbonyl (C=O) groups excluding carboxylic acids is 1. The average Bonchev–Trinajstić information content (AvgIpc) is 2.19. The second kappa shape index (κ2) is 4.02. The summed E-state index contributed by atoms with van der Waals surface area (Å²) in [5.74, 6) is 0. The Balaban J connectivity index is 2.95. The molecule has 0 aromatic rings. The number of hydrogen-bond donors (Lipinski definition) is 0. The fourth-order valence-corrected chi connectivity index (χ4v) is 1.54. The highest BCUT2D eigenvalue weighted by atomic mass is 16.1. The maximum absolute atomic E-state index is 10.2. The van der Waals surface area contributed by atoms with E-state index in [0.29, 0.717) is 0 Å². The molecule has 0 saturated carbocycles. The quantitative estimate of drug-likeness (QED) is 0.367. The molecule has 0 spiro atoms. The molecule has 1 aliphatic rings. The van der Waals surface area contributed by atoms with E-state index in [1.165, 1.54) is 6.08 Å². The third-order valence-corrected chi connectivity index (χ3v) is 2.40. The lowest BCUT2D eigenvalue weighted by atomic mass is 9.86. The summed E-state index contributed by atoms with van der Waals surface area (Å²) < 4.78 is 0. The number of hydrogen-bond acceptors (Lipinski definition) is 3. The van der Waals surface area contributed by atoms with Crippen molar-refractivity contribution < 1.29 is 4.79 Å². The fourth-order valence-electron chi connectivity index (χ4n) is 1.54. The summed E-state index contributed by atoms with van der Waals surface area (Å²) in [6.45, 7) is 1.66. The van der Waals surface area contributed by atoms with Gasteiger partial charge in [-0.2, -0.15) is 10.3 Å². The molecular formula is C10H12N2O. The molecular weight excluding hydrogens is 164 g/mol. The van der Waals surface area contributed by atoms with Crippen LogP contribution in [0.15, 0.2) is 16.6 Å². The summed E-state index contributed by atoms with van der Waals surface area (Å²) in [5.41, 5.74) is -0.00748. The summed E-state index contributed by atoms with van der Waals surface area (Å²) in [6, 6.07) is 2.05. The van der Waals surface area contributed by atoms with Crippen LogP contribution in [0.4, 0.5) is 0 Å². The summed E-state index contributed by atoms with van der Waals surface area (Å²) in [4.78, 5) is 13.7. The Kier molecular flexibility index (Phi) is 3.00. The average molecular weight is 176 g/mol. The van der Waals surface area contributed by atoms with Crippen LogP contribution in [-0.2, 0) is 4.79 Å². The maximum atomic E-state index is 10.2.